The summed E-state index contributed by atoms with van der Waals surface area (Å²) < 4.78 is 4.75. The lowest BCUT2D eigenvalue weighted by atomic mass is 10.1. The third-order valence-corrected chi connectivity index (χ3v) is 5.13. The van der Waals surface area contributed by atoms with Crippen molar-refractivity contribution in [1.82, 2.24) is 9.97 Å². The average Bonchev–Trinajstić information content (AvgIpc) is 3.16. The third-order valence-electron chi connectivity index (χ3n) is 3.43. The highest BCUT2D eigenvalue weighted by atomic mass is 35.5. The van der Waals surface area contributed by atoms with Gasteiger partial charge in [0.15, 0.2) is 0 Å². The van der Waals surface area contributed by atoms with Gasteiger partial charge in [0.25, 0.3) is 0 Å². The minimum atomic E-state index is -0.130. The van der Waals surface area contributed by atoms with E-state index >= 15 is 0 Å². The van der Waals surface area contributed by atoms with Gasteiger partial charge in [-0.1, -0.05) is 18.5 Å². The monoisotopic (exact) mass is 300 g/mol. The number of thioether (sulfide) groups is 1. The van der Waals surface area contributed by atoms with Crippen LogP contribution in [-0.2, 0) is 16.0 Å². The van der Waals surface area contributed by atoms with Gasteiger partial charge in [0.1, 0.15) is 16.5 Å². The van der Waals surface area contributed by atoms with Gasteiger partial charge in [0.2, 0.25) is 0 Å². The van der Waals surface area contributed by atoms with Crippen molar-refractivity contribution in [3.05, 3.63) is 17.0 Å². The van der Waals surface area contributed by atoms with Crippen LogP contribution in [0.3, 0.4) is 0 Å². The van der Waals surface area contributed by atoms with Gasteiger partial charge in [0.05, 0.1) is 13.5 Å². The standard InChI is InChI=1S/C13H17ClN2O2S/c1-3-9-11(14)15-8-16-12(9)19-7-13(4-5-13)6-10(17)18-2/h8H,3-7H2,1-2H3. The van der Waals surface area contributed by atoms with Crippen molar-refractivity contribution in [3.8, 4) is 0 Å². The predicted molar refractivity (Wildman–Crippen MR) is 75.4 cm³/mol. The molecule has 1 saturated carbocycles. The van der Waals surface area contributed by atoms with E-state index in [1.165, 1.54) is 13.4 Å². The molecular weight excluding hydrogens is 284 g/mol. The fourth-order valence-corrected chi connectivity index (χ4v) is 3.64. The van der Waals surface area contributed by atoms with Gasteiger partial charge in [-0.05, 0) is 24.7 Å². The highest BCUT2D eigenvalue weighted by Gasteiger charge is 2.44. The molecule has 1 aliphatic carbocycles. The number of ether oxygens (including phenoxy) is 1. The molecule has 1 fully saturated rings. The van der Waals surface area contributed by atoms with Crippen LogP contribution in [0.5, 0.6) is 0 Å². The quantitative estimate of drug-likeness (QED) is 0.459. The molecule has 0 aliphatic heterocycles. The Bertz CT molecular complexity index is 478. The number of rotatable bonds is 6. The smallest absolute Gasteiger partial charge is 0.306 e. The third kappa shape index (κ3) is 3.60. The summed E-state index contributed by atoms with van der Waals surface area (Å²) in [6, 6.07) is 0. The van der Waals surface area contributed by atoms with Crippen LogP contribution in [0.25, 0.3) is 0 Å². The number of hydrogen-bond donors (Lipinski definition) is 0. The van der Waals surface area contributed by atoms with Crippen molar-refractivity contribution in [2.45, 2.75) is 37.6 Å². The zero-order valence-electron chi connectivity index (χ0n) is 11.1. The van der Waals surface area contributed by atoms with Gasteiger partial charge < -0.3 is 4.74 Å². The number of nitrogens with zero attached hydrogens (tertiary/aromatic N) is 2. The second-order valence-electron chi connectivity index (χ2n) is 4.84. The number of halogens is 1. The van der Waals surface area contributed by atoms with Crippen molar-refractivity contribution in [1.29, 1.82) is 0 Å². The molecule has 0 saturated heterocycles. The molecule has 6 heteroatoms. The van der Waals surface area contributed by atoms with E-state index in [-0.39, 0.29) is 11.4 Å². The van der Waals surface area contributed by atoms with Gasteiger partial charge in [0, 0.05) is 11.3 Å². The summed E-state index contributed by atoms with van der Waals surface area (Å²) in [5, 5.41) is 1.46. The first-order chi connectivity index (χ1) is 9.10. The molecule has 0 N–H and O–H groups in total. The van der Waals surface area contributed by atoms with Crippen LogP contribution in [-0.4, -0.2) is 28.8 Å². The average molecular weight is 301 g/mol. The Hall–Kier alpha value is -0.810. The van der Waals surface area contributed by atoms with Gasteiger partial charge in [-0.2, -0.15) is 0 Å². The zero-order valence-corrected chi connectivity index (χ0v) is 12.7. The SMILES string of the molecule is CCc1c(Cl)ncnc1SCC1(CC(=O)OC)CC1. The molecule has 0 amide bonds. The van der Waals surface area contributed by atoms with Crippen molar-refractivity contribution in [2.24, 2.45) is 5.41 Å². The van der Waals surface area contributed by atoms with E-state index in [9.17, 15) is 4.79 Å². The Morgan fingerprint density at radius 3 is 2.84 bits per heavy atom. The summed E-state index contributed by atoms with van der Waals surface area (Å²) in [7, 11) is 1.44. The molecule has 0 unspecified atom stereocenters. The Kier molecular flexibility index (Phi) is 4.68. The predicted octanol–water partition coefficient (Wildman–Crippen LogP) is 3.13. The fourth-order valence-electron chi connectivity index (χ4n) is 1.95. The molecule has 0 spiro atoms. The lowest BCUT2D eigenvalue weighted by Gasteiger charge is -2.14. The normalized spacial score (nSPS) is 16.2. The maximum Gasteiger partial charge on any atom is 0.306 e. The Morgan fingerprint density at radius 1 is 1.53 bits per heavy atom. The highest BCUT2D eigenvalue weighted by Crippen LogP contribution is 2.52. The van der Waals surface area contributed by atoms with Crippen LogP contribution in [0.1, 0.15) is 31.7 Å². The van der Waals surface area contributed by atoms with Crippen LogP contribution in [0, 0.1) is 5.41 Å². The topological polar surface area (TPSA) is 52.1 Å². The van der Waals surface area contributed by atoms with Crippen molar-refractivity contribution >= 4 is 29.3 Å². The largest absolute Gasteiger partial charge is 0.469 e. The van der Waals surface area contributed by atoms with E-state index in [0.717, 1.165) is 35.6 Å². The maximum absolute atomic E-state index is 11.4. The van der Waals surface area contributed by atoms with Gasteiger partial charge >= 0.3 is 5.97 Å². The van der Waals surface area contributed by atoms with E-state index in [1.807, 2.05) is 6.92 Å². The van der Waals surface area contributed by atoms with Crippen molar-refractivity contribution in [3.63, 3.8) is 0 Å². The first kappa shape index (κ1) is 14.6. The number of methoxy groups -OCH3 is 1. The van der Waals surface area contributed by atoms with Crippen molar-refractivity contribution in [2.75, 3.05) is 12.9 Å². The van der Waals surface area contributed by atoms with E-state index < -0.39 is 0 Å². The highest BCUT2D eigenvalue weighted by molar-refractivity contribution is 7.99. The molecule has 104 valence electrons. The van der Waals surface area contributed by atoms with Gasteiger partial charge in [-0.15, -0.1) is 11.8 Å². The number of esters is 1. The summed E-state index contributed by atoms with van der Waals surface area (Å²) in [6.07, 6.45) is 4.96. The molecule has 1 heterocycles. The van der Waals surface area contributed by atoms with Crippen LogP contribution in [0.15, 0.2) is 11.4 Å². The minimum absolute atomic E-state index is 0.0974. The molecule has 1 aromatic heterocycles. The molecule has 0 radical (unpaired) electrons. The summed E-state index contributed by atoms with van der Waals surface area (Å²) in [4.78, 5) is 19.7. The van der Waals surface area contributed by atoms with Gasteiger partial charge in [-0.3, -0.25) is 4.79 Å². The Balaban J connectivity index is 1.99. The minimum Gasteiger partial charge on any atom is -0.469 e. The summed E-state index contributed by atoms with van der Waals surface area (Å²) >= 11 is 7.73. The van der Waals surface area contributed by atoms with E-state index in [1.54, 1.807) is 11.8 Å². The first-order valence-electron chi connectivity index (χ1n) is 6.29. The number of carbonyl (C=O) groups excluding carboxylic acids is 1. The molecule has 1 aromatic rings. The summed E-state index contributed by atoms with van der Waals surface area (Å²) in [5.41, 5.74) is 1.09. The Morgan fingerprint density at radius 2 is 2.26 bits per heavy atom. The molecule has 19 heavy (non-hydrogen) atoms. The summed E-state index contributed by atoms with van der Waals surface area (Å²) in [6.45, 7) is 2.04. The molecule has 2 rings (SSSR count). The summed E-state index contributed by atoms with van der Waals surface area (Å²) in [5.74, 6) is 0.747. The maximum atomic E-state index is 11.4. The molecule has 1 aliphatic rings. The number of hydrogen-bond acceptors (Lipinski definition) is 5. The van der Waals surface area contributed by atoms with Crippen LogP contribution in [0.4, 0.5) is 0 Å². The van der Waals surface area contributed by atoms with E-state index in [4.69, 9.17) is 16.3 Å². The van der Waals surface area contributed by atoms with E-state index in [0.29, 0.717) is 11.6 Å². The van der Waals surface area contributed by atoms with Crippen LogP contribution < -0.4 is 0 Å². The fraction of sp³-hybridized carbons (Fsp3) is 0.615. The second kappa shape index (κ2) is 6.09. The Labute approximate surface area is 122 Å². The molecular formula is C13H17ClN2O2S. The molecule has 0 aromatic carbocycles. The molecule has 0 atom stereocenters. The van der Waals surface area contributed by atoms with E-state index in [2.05, 4.69) is 9.97 Å². The lowest BCUT2D eigenvalue weighted by Crippen LogP contribution is -2.13. The second-order valence-corrected chi connectivity index (χ2v) is 6.17. The van der Waals surface area contributed by atoms with Crippen LogP contribution in [0.2, 0.25) is 5.15 Å². The van der Waals surface area contributed by atoms with Crippen molar-refractivity contribution < 1.29 is 9.53 Å². The molecule has 4 nitrogen and oxygen atoms in total. The lowest BCUT2D eigenvalue weighted by molar-refractivity contribution is -0.141. The zero-order chi connectivity index (χ0) is 13.9. The van der Waals surface area contributed by atoms with Crippen LogP contribution >= 0.6 is 23.4 Å². The molecule has 0 bridgehead atoms. The van der Waals surface area contributed by atoms with Gasteiger partial charge in [-0.25, -0.2) is 9.97 Å². The number of aromatic nitrogens is 2. The number of carbonyl (C=O) groups is 1. The first-order valence-corrected chi connectivity index (χ1v) is 7.65.